The zero-order valence-electron chi connectivity index (χ0n) is 38.7. The zero-order chi connectivity index (χ0) is 47.3. The van der Waals surface area contributed by atoms with E-state index in [0.717, 1.165) is 111 Å². The third-order valence-corrected chi connectivity index (χ3v) is 13.6. The van der Waals surface area contributed by atoms with E-state index in [1.165, 1.54) is 0 Å². The van der Waals surface area contributed by atoms with E-state index in [1.54, 1.807) is 12.1 Å². The fourth-order valence-corrected chi connectivity index (χ4v) is 10.2. The molecule has 4 heteroatoms. The summed E-state index contributed by atoms with van der Waals surface area (Å²) >= 11 is 0. The number of rotatable bonds is 10. The Hall–Kier alpha value is -8.86. The second-order valence-electron chi connectivity index (χ2n) is 18.2. The number of benzene rings is 12. The summed E-state index contributed by atoms with van der Waals surface area (Å²) in [6, 6.07) is 82.4. The molecular weight excluding hydrogens is 859 g/mol. The average Bonchev–Trinajstić information content (AvgIpc) is 3.41. The van der Waals surface area contributed by atoms with Gasteiger partial charge in [-0.25, -0.2) is 8.78 Å². The van der Waals surface area contributed by atoms with Gasteiger partial charge in [-0.3, -0.25) is 0 Å². The highest BCUT2D eigenvalue weighted by molar-refractivity contribution is 6.28. The number of nitrogens with zero attached hydrogens (tertiary/aromatic N) is 2. The second-order valence-corrected chi connectivity index (χ2v) is 18.2. The summed E-state index contributed by atoms with van der Waals surface area (Å²) in [6.45, 7) is 4.01. The van der Waals surface area contributed by atoms with Crippen molar-refractivity contribution in [2.45, 2.75) is 13.8 Å². The van der Waals surface area contributed by atoms with E-state index >= 15 is 8.78 Å². The Balaban J connectivity index is 1.13. The van der Waals surface area contributed by atoms with Crippen molar-refractivity contribution in [3.05, 3.63) is 265 Å². The normalized spacial score (nSPS) is 11.4. The van der Waals surface area contributed by atoms with Gasteiger partial charge in [-0.15, -0.1) is 0 Å². The third kappa shape index (κ3) is 7.70. The van der Waals surface area contributed by atoms with Gasteiger partial charge in [0.1, 0.15) is 11.6 Å². The van der Waals surface area contributed by atoms with Crippen LogP contribution in [0.5, 0.6) is 0 Å². The van der Waals surface area contributed by atoms with Crippen LogP contribution in [0.25, 0.3) is 76.8 Å². The molecule has 0 saturated heterocycles. The lowest BCUT2D eigenvalue weighted by molar-refractivity contribution is 0.628. The molecule has 0 radical (unpaired) electrons. The van der Waals surface area contributed by atoms with E-state index in [9.17, 15) is 0 Å². The summed E-state index contributed by atoms with van der Waals surface area (Å²) in [5, 5.41) is 6.11. The summed E-state index contributed by atoms with van der Waals surface area (Å²) in [5.74, 6) is -0.651. The molecule has 0 heterocycles. The lowest BCUT2D eigenvalue weighted by Crippen LogP contribution is -2.14. The van der Waals surface area contributed by atoms with E-state index in [2.05, 4.69) is 143 Å². The predicted octanol–water partition coefficient (Wildman–Crippen LogP) is 19.1. The smallest absolute Gasteiger partial charge is 0.147 e. The molecule has 2 nitrogen and oxygen atoms in total. The Morgan fingerprint density at radius 1 is 0.271 bits per heavy atom. The molecule has 0 saturated carbocycles. The maximum absolute atomic E-state index is 16.8. The van der Waals surface area contributed by atoms with Crippen LogP contribution in [0.15, 0.2) is 243 Å². The Labute approximate surface area is 406 Å². The van der Waals surface area contributed by atoms with Gasteiger partial charge in [0.25, 0.3) is 0 Å². The molecule has 70 heavy (non-hydrogen) atoms. The first kappa shape index (κ1) is 42.5. The average molecular weight is 905 g/mol. The summed E-state index contributed by atoms with van der Waals surface area (Å²) < 4.78 is 33.5. The lowest BCUT2D eigenvalue weighted by Gasteiger charge is -2.30. The van der Waals surface area contributed by atoms with Gasteiger partial charge >= 0.3 is 0 Å². The monoisotopic (exact) mass is 904 g/mol. The van der Waals surface area contributed by atoms with Crippen LogP contribution in [-0.4, -0.2) is 0 Å². The van der Waals surface area contributed by atoms with Gasteiger partial charge in [-0.2, -0.15) is 0 Å². The van der Waals surface area contributed by atoms with Crippen molar-refractivity contribution in [3.8, 4) is 44.5 Å². The van der Waals surface area contributed by atoms with Crippen LogP contribution in [0.1, 0.15) is 11.1 Å². The molecule has 0 atom stereocenters. The minimum atomic E-state index is -0.326. The molecule has 0 aliphatic heterocycles. The molecule has 12 aromatic carbocycles. The van der Waals surface area contributed by atoms with Gasteiger partial charge in [0.05, 0.1) is 22.7 Å². The first-order valence-corrected chi connectivity index (χ1v) is 23.7. The van der Waals surface area contributed by atoms with Crippen molar-refractivity contribution in [3.63, 3.8) is 0 Å². The topological polar surface area (TPSA) is 6.48 Å². The van der Waals surface area contributed by atoms with Gasteiger partial charge in [-0.1, -0.05) is 170 Å². The maximum atomic E-state index is 16.8. The molecule has 12 aromatic rings. The van der Waals surface area contributed by atoms with Crippen LogP contribution in [0.4, 0.5) is 42.9 Å². The van der Waals surface area contributed by atoms with Crippen molar-refractivity contribution in [2.24, 2.45) is 0 Å². The summed E-state index contributed by atoms with van der Waals surface area (Å²) in [4.78, 5) is 4.17. The van der Waals surface area contributed by atoms with Gasteiger partial charge in [0.2, 0.25) is 0 Å². The van der Waals surface area contributed by atoms with E-state index in [1.807, 2.05) is 111 Å². The molecule has 0 spiro atoms. The molecule has 0 unspecified atom stereocenters. The second kappa shape index (κ2) is 17.7. The van der Waals surface area contributed by atoms with Gasteiger partial charge in [0.15, 0.2) is 0 Å². The first-order chi connectivity index (χ1) is 34.3. The minimum Gasteiger partial charge on any atom is -0.307 e. The largest absolute Gasteiger partial charge is 0.307 e. The van der Waals surface area contributed by atoms with Crippen molar-refractivity contribution >= 4 is 66.4 Å². The SMILES string of the molecule is Cc1ccc(F)c(N(c2cc(-c3ccccc3)cc(-c3ccccc3)c2)c2ccc3ccc4c(N(c5cc(-c6ccccc6)cc(-c6ccccc6)c5)c5cc(C)ccc5F)ccc5ccc2c3c54)c1. The molecule has 0 bridgehead atoms. The molecule has 0 amide bonds. The third-order valence-electron chi connectivity index (χ3n) is 13.6. The molecule has 12 rings (SSSR count). The molecule has 0 aliphatic carbocycles. The molecule has 334 valence electrons. The van der Waals surface area contributed by atoms with Crippen molar-refractivity contribution in [1.29, 1.82) is 0 Å². The lowest BCUT2D eigenvalue weighted by atomic mass is 9.91. The highest BCUT2D eigenvalue weighted by Gasteiger charge is 2.26. The molecule has 0 N–H and O–H groups in total. The van der Waals surface area contributed by atoms with Crippen molar-refractivity contribution < 1.29 is 8.78 Å². The highest BCUT2D eigenvalue weighted by Crippen LogP contribution is 2.50. The van der Waals surface area contributed by atoms with E-state index in [4.69, 9.17) is 0 Å². The van der Waals surface area contributed by atoms with Crippen LogP contribution in [0.3, 0.4) is 0 Å². The van der Waals surface area contributed by atoms with Crippen molar-refractivity contribution in [1.82, 2.24) is 0 Å². The van der Waals surface area contributed by atoms with Crippen LogP contribution in [-0.2, 0) is 0 Å². The van der Waals surface area contributed by atoms with Crippen LogP contribution >= 0.6 is 0 Å². The van der Waals surface area contributed by atoms with E-state index < -0.39 is 0 Å². The number of anilines is 6. The van der Waals surface area contributed by atoms with E-state index in [0.29, 0.717) is 11.4 Å². The minimum absolute atomic E-state index is 0.326. The molecule has 0 fully saturated rings. The highest BCUT2D eigenvalue weighted by atomic mass is 19.1. The molecule has 0 aliphatic rings. The zero-order valence-corrected chi connectivity index (χ0v) is 38.7. The number of hydrogen-bond donors (Lipinski definition) is 0. The quantitative estimate of drug-likeness (QED) is 0.126. The van der Waals surface area contributed by atoms with Crippen LogP contribution < -0.4 is 9.80 Å². The van der Waals surface area contributed by atoms with Gasteiger partial charge in [-0.05, 0) is 164 Å². The fourth-order valence-electron chi connectivity index (χ4n) is 10.2. The van der Waals surface area contributed by atoms with Crippen molar-refractivity contribution in [2.75, 3.05) is 9.80 Å². The number of aryl methyl sites for hydroxylation is 2. The first-order valence-electron chi connectivity index (χ1n) is 23.7. The number of hydrogen-bond acceptors (Lipinski definition) is 2. The van der Waals surface area contributed by atoms with E-state index in [-0.39, 0.29) is 11.6 Å². The Kier molecular flexibility index (Phi) is 10.7. The maximum Gasteiger partial charge on any atom is 0.147 e. The predicted molar refractivity (Wildman–Crippen MR) is 291 cm³/mol. The molecular formula is C66H46F2N2. The fraction of sp³-hybridized carbons (Fsp3) is 0.0303. The summed E-state index contributed by atoms with van der Waals surface area (Å²) in [5.41, 5.74) is 14.5. The Morgan fingerprint density at radius 2 is 0.586 bits per heavy atom. The number of halogens is 2. The summed E-state index contributed by atoms with van der Waals surface area (Å²) in [7, 11) is 0. The summed E-state index contributed by atoms with van der Waals surface area (Å²) in [6.07, 6.45) is 0. The standard InChI is InChI=1S/C66H46F2N2/c1-43-23-31-59(67)63(35-43)69(55-39-51(45-15-7-3-8-16-45)37-52(40-55)46-17-9-4-10-18-46)61-33-27-49-26-30-58-62(34-28-50-25-29-57(61)65(49)66(50)58)70(64-36-44(2)24-32-60(64)68)56-41-53(47-19-11-5-12-20-47)38-54(42-56)48-21-13-6-14-22-48/h3-42H,1-2H3. The van der Waals surface area contributed by atoms with Crippen LogP contribution in [0.2, 0.25) is 0 Å². The Bertz CT molecular complexity index is 3500. The van der Waals surface area contributed by atoms with Gasteiger partial charge < -0.3 is 9.80 Å². The van der Waals surface area contributed by atoms with Crippen LogP contribution in [0, 0.1) is 25.5 Å². The Morgan fingerprint density at radius 3 is 0.914 bits per heavy atom. The molecule has 0 aromatic heterocycles. The van der Waals surface area contributed by atoms with Gasteiger partial charge in [0, 0.05) is 22.1 Å².